The monoisotopic (exact) mass is 273 g/mol. The molecule has 0 aromatic carbocycles. The highest BCUT2D eigenvalue weighted by Gasteiger charge is 2.30. The first kappa shape index (κ1) is 15.9. The smallest absolute Gasteiger partial charge is 0.326 e. The van der Waals surface area contributed by atoms with Crippen molar-refractivity contribution in [1.29, 1.82) is 0 Å². The highest BCUT2D eigenvalue weighted by Crippen LogP contribution is 2.26. The summed E-state index contributed by atoms with van der Waals surface area (Å²) in [4.78, 5) is 22.9. The van der Waals surface area contributed by atoms with Gasteiger partial charge in [0.1, 0.15) is 12.6 Å². The maximum Gasteiger partial charge on any atom is 0.326 e. The number of carbonyl (C=O) groups excluding carboxylic acids is 1. The first-order valence-corrected chi connectivity index (χ1v) is 6.74. The summed E-state index contributed by atoms with van der Waals surface area (Å²) in [6, 6.07) is -0.793. The van der Waals surface area contributed by atoms with E-state index in [9.17, 15) is 14.7 Å². The van der Waals surface area contributed by atoms with E-state index in [0.29, 0.717) is 13.2 Å². The molecule has 110 valence electrons. The Morgan fingerprint density at radius 3 is 2.53 bits per heavy atom. The zero-order valence-electron chi connectivity index (χ0n) is 11.4. The van der Waals surface area contributed by atoms with Crippen LogP contribution in [0.3, 0.4) is 0 Å². The summed E-state index contributed by atoms with van der Waals surface area (Å²) in [6.07, 6.45) is 4.95. The highest BCUT2D eigenvalue weighted by atomic mass is 16.5. The number of carbonyl (C=O) groups is 2. The third-order valence-corrected chi connectivity index (χ3v) is 3.37. The molecule has 1 fully saturated rings. The van der Waals surface area contributed by atoms with Crippen molar-refractivity contribution in [3.05, 3.63) is 0 Å². The number of amides is 1. The highest BCUT2D eigenvalue weighted by molar-refractivity contribution is 5.84. The molecule has 1 atom stereocenters. The van der Waals surface area contributed by atoms with E-state index in [4.69, 9.17) is 9.47 Å². The number of rotatable bonds is 8. The number of hydrogen-bond donors (Lipinski definition) is 2. The second kappa shape index (κ2) is 8.87. The maximum atomic E-state index is 11.6. The van der Waals surface area contributed by atoms with Crippen LogP contribution in [0.1, 0.15) is 32.1 Å². The molecule has 1 aliphatic carbocycles. The number of carboxylic acids is 1. The summed E-state index contributed by atoms with van der Waals surface area (Å²) in [6.45, 7) is 0.614. The van der Waals surface area contributed by atoms with E-state index in [2.05, 4.69) is 5.32 Å². The molecule has 6 nitrogen and oxygen atoms in total. The summed E-state index contributed by atoms with van der Waals surface area (Å²) in [5.41, 5.74) is 0. The molecule has 19 heavy (non-hydrogen) atoms. The Morgan fingerprint density at radius 2 is 1.95 bits per heavy atom. The summed E-state index contributed by atoms with van der Waals surface area (Å²) in [5, 5.41) is 11.8. The van der Waals surface area contributed by atoms with Gasteiger partial charge in [-0.2, -0.15) is 0 Å². The third kappa shape index (κ3) is 6.02. The molecule has 1 amide bonds. The normalized spacial score (nSPS) is 17.9. The second-order valence-corrected chi connectivity index (χ2v) is 4.83. The Labute approximate surface area is 113 Å². The Balaban J connectivity index is 2.35. The van der Waals surface area contributed by atoms with E-state index in [1.807, 2.05) is 0 Å². The average Bonchev–Trinajstić information content (AvgIpc) is 2.41. The second-order valence-electron chi connectivity index (χ2n) is 4.83. The molecule has 0 spiro atoms. The summed E-state index contributed by atoms with van der Waals surface area (Å²) >= 11 is 0. The molecule has 2 N–H and O–H groups in total. The minimum atomic E-state index is -0.961. The predicted molar refractivity (Wildman–Crippen MR) is 68.8 cm³/mol. The lowest BCUT2D eigenvalue weighted by molar-refractivity contribution is -0.144. The van der Waals surface area contributed by atoms with Gasteiger partial charge in [-0.1, -0.05) is 19.3 Å². The van der Waals surface area contributed by atoms with Crippen molar-refractivity contribution < 1.29 is 24.2 Å². The van der Waals surface area contributed by atoms with Gasteiger partial charge in [-0.05, 0) is 18.8 Å². The molecule has 0 unspecified atom stereocenters. The van der Waals surface area contributed by atoms with Crippen molar-refractivity contribution in [2.24, 2.45) is 5.92 Å². The number of carboxylic acid groups (broad SMARTS) is 1. The van der Waals surface area contributed by atoms with Crippen molar-refractivity contribution in [3.8, 4) is 0 Å². The van der Waals surface area contributed by atoms with Crippen LogP contribution < -0.4 is 5.32 Å². The van der Waals surface area contributed by atoms with Gasteiger partial charge in [0.25, 0.3) is 0 Å². The molecular weight excluding hydrogens is 250 g/mol. The fourth-order valence-corrected chi connectivity index (χ4v) is 2.37. The Morgan fingerprint density at radius 1 is 1.26 bits per heavy atom. The van der Waals surface area contributed by atoms with Gasteiger partial charge in [0, 0.05) is 7.11 Å². The van der Waals surface area contributed by atoms with Crippen molar-refractivity contribution in [2.75, 3.05) is 26.9 Å². The molecule has 6 heteroatoms. The first-order valence-electron chi connectivity index (χ1n) is 6.74. The quantitative estimate of drug-likeness (QED) is 0.639. The Kier molecular flexibility index (Phi) is 7.43. The summed E-state index contributed by atoms with van der Waals surface area (Å²) in [5.74, 6) is -1.31. The lowest BCUT2D eigenvalue weighted by atomic mass is 9.84. The number of aliphatic carboxylic acids is 1. The first-order chi connectivity index (χ1) is 9.15. The van der Waals surface area contributed by atoms with Crippen molar-refractivity contribution in [3.63, 3.8) is 0 Å². The fourth-order valence-electron chi connectivity index (χ4n) is 2.37. The van der Waals surface area contributed by atoms with Gasteiger partial charge in [0.05, 0.1) is 13.2 Å². The summed E-state index contributed by atoms with van der Waals surface area (Å²) < 4.78 is 9.86. The lowest BCUT2D eigenvalue weighted by Gasteiger charge is -2.27. The van der Waals surface area contributed by atoms with Gasteiger partial charge < -0.3 is 19.9 Å². The van der Waals surface area contributed by atoms with E-state index in [1.165, 1.54) is 0 Å². The van der Waals surface area contributed by atoms with Gasteiger partial charge in [-0.3, -0.25) is 4.79 Å². The predicted octanol–water partition coefficient (Wildman–Crippen LogP) is 0.799. The van der Waals surface area contributed by atoms with Gasteiger partial charge in [0.2, 0.25) is 5.91 Å². The largest absolute Gasteiger partial charge is 0.480 e. The van der Waals surface area contributed by atoms with Crippen LogP contribution in [0.2, 0.25) is 0 Å². The molecule has 0 bridgehead atoms. The van der Waals surface area contributed by atoms with Crippen LogP contribution >= 0.6 is 0 Å². The molecule has 0 aromatic heterocycles. The van der Waals surface area contributed by atoms with Crippen LogP contribution in [0.25, 0.3) is 0 Å². The molecular formula is C13H23NO5. The Bertz CT molecular complexity index is 289. The maximum absolute atomic E-state index is 11.6. The molecule has 0 aliphatic heterocycles. The minimum absolute atomic E-state index is 0.0363. The van der Waals surface area contributed by atoms with E-state index < -0.39 is 12.0 Å². The van der Waals surface area contributed by atoms with Gasteiger partial charge in [-0.15, -0.1) is 0 Å². The van der Waals surface area contributed by atoms with E-state index >= 15 is 0 Å². The van der Waals surface area contributed by atoms with Crippen LogP contribution in [0.5, 0.6) is 0 Å². The molecule has 1 aliphatic rings. The van der Waals surface area contributed by atoms with E-state index in [-0.39, 0.29) is 18.4 Å². The van der Waals surface area contributed by atoms with Crippen LogP contribution in [0.15, 0.2) is 0 Å². The number of methoxy groups -OCH3 is 1. The van der Waals surface area contributed by atoms with Crippen molar-refractivity contribution >= 4 is 11.9 Å². The SMILES string of the molecule is COCCOCC(=O)N[C@H](C(=O)O)C1CCCCC1. The van der Waals surface area contributed by atoms with E-state index in [0.717, 1.165) is 32.1 Å². The fraction of sp³-hybridized carbons (Fsp3) is 0.846. The van der Waals surface area contributed by atoms with Gasteiger partial charge in [0.15, 0.2) is 0 Å². The van der Waals surface area contributed by atoms with Crippen molar-refractivity contribution in [1.82, 2.24) is 5.32 Å². The minimum Gasteiger partial charge on any atom is -0.480 e. The van der Waals surface area contributed by atoms with Crippen LogP contribution in [0, 0.1) is 5.92 Å². The molecule has 0 heterocycles. The number of nitrogens with one attached hydrogen (secondary N) is 1. The molecule has 1 saturated carbocycles. The van der Waals surface area contributed by atoms with Crippen LogP contribution in [0.4, 0.5) is 0 Å². The van der Waals surface area contributed by atoms with Crippen molar-refractivity contribution in [2.45, 2.75) is 38.1 Å². The molecule has 1 rings (SSSR count). The molecule has 0 radical (unpaired) electrons. The van der Waals surface area contributed by atoms with Gasteiger partial charge in [-0.25, -0.2) is 4.79 Å². The number of hydrogen-bond acceptors (Lipinski definition) is 4. The van der Waals surface area contributed by atoms with Crippen LogP contribution in [-0.2, 0) is 19.1 Å². The van der Waals surface area contributed by atoms with Gasteiger partial charge >= 0.3 is 5.97 Å². The molecule has 0 saturated heterocycles. The molecule has 0 aromatic rings. The zero-order chi connectivity index (χ0) is 14.1. The standard InChI is InChI=1S/C13H23NO5/c1-18-7-8-19-9-11(15)14-12(13(16)17)10-5-3-2-4-6-10/h10,12H,2-9H2,1H3,(H,14,15)(H,16,17)/t12-/m0/s1. The average molecular weight is 273 g/mol. The lowest BCUT2D eigenvalue weighted by Crippen LogP contribution is -2.47. The number of ether oxygens (including phenoxy) is 2. The Hall–Kier alpha value is -1.14. The summed E-state index contributed by atoms with van der Waals surface area (Å²) in [7, 11) is 1.55. The zero-order valence-corrected chi connectivity index (χ0v) is 11.4. The van der Waals surface area contributed by atoms with Crippen LogP contribution in [-0.4, -0.2) is 50.0 Å². The topological polar surface area (TPSA) is 84.9 Å². The van der Waals surface area contributed by atoms with E-state index in [1.54, 1.807) is 7.11 Å². The third-order valence-electron chi connectivity index (χ3n) is 3.37.